The van der Waals surface area contributed by atoms with Crippen molar-refractivity contribution >= 4 is 52.6 Å². The molecular weight excluding hydrogens is 627 g/mol. The van der Waals surface area contributed by atoms with Gasteiger partial charge in [0.05, 0.1) is 45.6 Å². The fourth-order valence-corrected chi connectivity index (χ4v) is 6.13. The lowest BCUT2D eigenvalue weighted by Gasteiger charge is -2.25. The molecule has 1 atom stereocenters. The van der Waals surface area contributed by atoms with E-state index >= 15 is 0 Å². The summed E-state index contributed by atoms with van der Waals surface area (Å²) < 4.78 is 24.1. The van der Waals surface area contributed by atoms with E-state index in [-0.39, 0.29) is 35.2 Å². The molecule has 2 aromatic heterocycles. The van der Waals surface area contributed by atoms with Crippen LogP contribution in [0.1, 0.15) is 45.1 Å². The Kier molecular flexibility index (Phi) is 9.15. The first-order valence-corrected chi connectivity index (χ1v) is 15.2. The van der Waals surface area contributed by atoms with Gasteiger partial charge in [-0.1, -0.05) is 60.5 Å². The van der Waals surface area contributed by atoms with Crippen molar-refractivity contribution in [3.63, 3.8) is 0 Å². The predicted molar refractivity (Wildman–Crippen MR) is 168 cm³/mol. The minimum Gasteiger partial charge on any atom is -0.493 e. The number of fused-ring (bicyclic) bond motifs is 1. The van der Waals surface area contributed by atoms with Gasteiger partial charge in [-0.05, 0) is 54.8 Å². The van der Waals surface area contributed by atoms with Crippen LogP contribution in [0.4, 0.5) is 0 Å². The largest absolute Gasteiger partial charge is 0.493 e. The Morgan fingerprint density at radius 2 is 1.91 bits per heavy atom. The highest BCUT2D eigenvalue weighted by Gasteiger charge is 2.34. The molecule has 0 saturated heterocycles. The van der Waals surface area contributed by atoms with Gasteiger partial charge in [-0.15, -0.1) is 0 Å². The second kappa shape index (κ2) is 12.9. The fourth-order valence-electron chi connectivity index (χ4n) is 4.71. The minimum atomic E-state index is -0.897. The average molecular weight is 656 g/mol. The number of furan rings is 1. The molecular formula is C32H28Cl2N2O7S. The number of aromatic nitrogens is 1. The molecule has 5 rings (SSSR count). The molecule has 0 amide bonds. The van der Waals surface area contributed by atoms with Gasteiger partial charge in [-0.3, -0.25) is 14.2 Å². The third-order valence-electron chi connectivity index (χ3n) is 6.66. The van der Waals surface area contributed by atoms with Gasteiger partial charge >= 0.3 is 11.9 Å². The Morgan fingerprint density at radius 1 is 1.14 bits per heavy atom. The maximum absolute atomic E-state index is 14.0. The number of thiazole rings is 1. The highest BCUT2D eigenvalue weighted by atomic mass is 35.5. The van der Waals surface area contributed by atoms with Crippen molar-refractivity contribution in [3.05, 3.63) is 101 Å². The summed E-state index contributed by atoms with van der Waals surface area (Å²) in [5, 5.41) is 0.753. The molecule has 1 aliphatic rings. The Balaban J connectivity index is 1.64. The highest BCUT2D eigenvalue weighted by Crippen LogP contribution is 2.37. The lowest BCUT2D eigenvalue weighted by molar-refractivity contribution is -0.140. The number of ether oxygens (including phenoxy) is 3. The van der Waals surface area contributed by atoms with E-state index in [1.165, 1.54) is 18.6 Å². The first-order chi connectivity index (χ1) is 21.0. The van der Waals surface area contributed by atoms with Gasteiger partial charge in [0.25, 0.3) is 5.56 Å². The molecule has 0 spiro atoms. The molecule has 12 heteroatoms. The molecule has 2 aromatic carbocycles. The summed E-state index contributed by atoms with van der Waals surface area (Å²) >= 11 is 13.7. The number of methoxy groups -OCH3 is 1. The van der Waals surface area contributed by atoms with E-state index in [1.807, 2.05) is 13.8 Å². The van der Waals surface area contributed by atoms with Crippen molar-refractivity contribution in [2.24, 2.45) is 10.9 Å². The number of esters is 2. The van der Waals surface area contributed by atoms with Crippen LogP contribution in [0.15, 0.2) is 74.0 Å². The summed E-state index contributed by atoms with van der Waals surface area (Å²) in [6.07, 6.45) is 1.61. The van der Waals surface area contributed by atoms with Crippen LogP contribution >= 0.6 is 34.5 Å². The van der Waals surface area contributed by atoms with Crippen molar-refractivity contribution in [2.75, 3.05) is 13.7 Å². The van der Waals surface area contributed by atoms with Crippen LogP contribution in [-0.4, -0.2) is 30.2 Å². The second-order valence-electron chi connectivity index (χ2n) is 10.4. The maximum Gasteiger partial charge on any atom is 0.338 e. The van der Waals surface area contributed by atoms with E-state index in [0.29, 0.717) is 47.7 Å². The van der Waals surface area contributed by atoms with Crippen LogP contribution < -0.4 is 24.4 Å². The number of carbonyl (C=O) groups is 2. The van der Waals surface area contributed by atoms with Crippen LogP contribution in [0.3, 0.4) is 0 Å². The Labute approximate surface area is 266 Å². The number of hydrogen-bond donors (Lipinski definition) is 0. The van der Waals surface area contributed by atoms with Gasteiger partial charge < -0.3 is 18.6 Å². The molecule has 0 N–H and O–H groups in total. The summed E-state index contributed by atoms with van der Waals surface area (Å²) in [6, 6.07) is 12.7. The van der Waals surface area contributed by atoms with E-state index < -0.39 is 18.0 Å². The van der Waals surface area contributed by atoms with Crippen LogP contribution in [-0.2, 0) is 14.3 Å². The first-order valence-electron chi connectivity index (χ1n) is 13.6. The van der Waals surface area contributed by atoms with Crippen molar-refractivity contribution in [1.82, 2.24) is 4.57 Å². The smallest absolute Gasteiger partial charge is 0.338 e. The number of benzene rings is 2. The third kappa shape index (κ3) is 6.24. The van der Waals surface area contributed by atoms with Gasteiger partial charge in [0.1, 0.15) is 11.5 Å². The number of rotatable bonds is 8. The number of hydrogen-bond acceptors (Lipinski definition) is 9. The van der Waals surface area contributed by atoms with Gasteiger partial charge in [-0.2, -0.15) is 0 Å². The second-order valence-corrected chi connectivity index (χ2v) is 12.2. The quantitative estimate of drug-likeness (QED) is 0.171. The van der Waals surface area contributed by atoms with Crippen molar-refractivity contribution in [1.29, 1.82) is 0 Å². The predicted octanol–water partition coefficient (Wildman–Crippen LogP) is 5.94. The molecule has 0 unspecified atom stereocenters. The average Bonchev–Trinajstić information content (AvgIpc) is 3.56. The molecule has 44 heavy (non-hydrogen) atoms. The van der Waals surface area contributed by atoms with Gasteiger partial charge in [0.15, 0.2) is 16.3 Å². The van der Waals surface area contributed by atoms with Crippen molar-refractivity contribution in [3.8, 4) is 22.8 Å². The summed E-state index contributed by atoms with van der Waals surface area (Å²) in [7, 11) is 1.44. The third-order valence-corrected chi connectivity index (χ3v) is 8.47. The van der Waals surface area contributed by atoms with Gasteiger partial charge in [0, 0.05) is 18.6 Å². The Hall–Kier alpha value is -4.12. The molecule has 3 heterocycles. The fraction of sp³-hybridized carbons (Fsp3) is 0.250. The molecule has 0 saturated carbocycles. The first kappa shape index (κ1) is 31.3. The molecule has 4 aromatic rings. The molecule has 0 fully saturated rings. The van der Waals surface area contributed by atoms with Crippen LogP contribution in [0, 0.1) is 5.92 Å². The van der Waals surface area contributed by atoms with Crippen molar-refractivity contribution < 1.29 is 28.2 Å². The maximum atomic E-state index is 14.0. The molecule has 0 aliphatic carbocycles. The molecule has 0 bridgehead atoms. The number of allylic oxidation sites excluding steroid dienone is 1. The zero-order valence-electron chi connectivity index (χ0n) is 24.5. The van der Waals surface area contributed by atoms with Crippen molar-refractivity contribution in [2.45, 2.75) is 33.7 Å². The summed E-state index contributed by atoms with van der Waals surface area (Å²) in [5.41, 5.74) is 1.39. The van der Waals surface area contributed by atoms with Crippen LogP contribution in [0.5, 0.6) is 11.5 Å². The standard InChI is InChI=1S/C32H28Cl2N2O7S/c1-16(2)15-41-31(39)27-17(3)35-32-36(29(27)19-9-11-24(42-18(4)37)25(13-19)40-5)30(38)26(44-32)14-20-10-12-23(43-20)21-7-6-8-22(33)28(21)34/h6-14,16,29H,15H2,1-5H3/b26-14+/t29-/m1/s1. The summed E-state index contributed by atoms with van der Waals surface area (Å²) in [6.45, 7) is 7.04. The Morgan fingerprint density at radius 3 is 2.61 bits per heavy atom. The van der Waals surface area contributed by atoms with Gasteiger partial charge in [0.2, 0.25) is 0 Å². The van der Waals surface area contributed by atoms with Gasteiger partial charge in [-0.25, -0.2) is 9.79 Å². The molecule has 228 valence electrons. The number of carbonyl (C=O) groups excluding carboxylic acids is 2. The molecule has 9 nitrogen and oxygen atoms in total. The monoisotopic (exact) mass is 654 g/mol. The lowest BCUT2D eigenvalue weighted by atomic mass is 9.95. The molecule has 1 aliphatic heterocycles. The van der Waals surface area contributed by atoms with E-state index in [0.717, 1.165) is 11.3 Å². The molecule has 0 radical (unpaired) electrons. The number of nitrogens with zero attached hydrogens (tertiary/aromatic N) is 2. The normalized spacial score (nSPS) is 14.8. The van der Waals surface area contributed by atoms with E-state index in [4.69, 9.17) is 41.8 Å². The van der Waals surface area contributed by atoms with E-state index in [2.05, 4.69) is 4.99 Å². The van der Waals surface area contributed by atoms with E-state index in [9.17, 15) is 14.4 Å². The zero-order chi connectivity index (χ0) is 31.7. The number of halogens is 2. The minimum absolute atomic E-state index is 0.0996. The zero-order valence-corrected chi connectivity index (χ0v) is 26.8. The lowest BCUT2D eigenvalue weighted by Crippen LogP contribution is -2.40. The van der Waals surface area contributed by atoms with Crippen LogP contribution in [0.2, 0.25) is 10.0 Å². The highest BCUT2D eigenvalue weighted by molar-refractivity contribution is 7.07. The summed E-state index contributed by atoms with van der Waals surface area (Å²) in [5.74, 6) is 0.356. The SMILES string of the molecule is COc1cc([C@@H]2C(C(=O)OCC(C)C)=C(C)N=c3s/c(=C/c4ccc(-c5cccc(Cl)c5Cl)o4)c(=O)n32)ccc1OC(C)=O. The van der Waals surface area contributed by atoms with Crippen LogP contribution in [0.25, 0.3) is 17.4 Å². The van der Waals surface area contributed by atoms with E-state index in [1.54, 1.807) is 61.5 Å². The topological polar surface area (TPSA) is 109 Å². The summed E-state index contributed by atoms with van der Waals surface area (Å²) in [4.78, 5) is 44.1. The Bertz CT molecular complexity index is 1990.